The first-order chi connectivity index (χ1) is 15.3. The Kier molecular flexibility index (Phi) is 5.80. The van der Waals surface area contributed by atoms with Crippen LogP contribution in [0, 0.1) is 13.8 Å². The van der Waals surface area contributed by atoms with Crippen molar-refractivity contribution in [3.05, 3.63) is 95.2 Å². The molecular weight excluding hydrogens is 422 g/mol. The lowest BCUT2D eigenvalue weighted by Gasteiger charge is -2.14. The zero-order valence-corrected chi connectivity index (χ0v) is 18.9. The van der Waals surface area contributed by atoms with Gasteiger partial charge in [0.2, 0.25) is 9.84 Å². The second kappa shape index (κ2) is 8.55. The molecule has 3 aromatic carbocycles. The molecular formula is C26H23NO4S. The number of fused-ring (bicyclic) bond motifs is 1. The molecule has 0 aliphatic heterocycles. The number of carbonyl (C=O) groups is 1. The van der Waals surface area contributed by atoms with Crippen LogP contribution in [0.5, 0.6) is 5.75 Å². The molecule has 0 bridgehead atoms. The van der Waals surface area contributed by atoms with Gasteiger partial charge >= 0.3 is 0 Å². The number of benzene rings is 3. The summed E-state index contributed by atoms with van der Waals surface area (Å²) in [7, 11) is -3.99. The van der Waals surface area contributed by atoms with E-state index in [-0.39, 0.29) is 15.4 Å². The van der Waals surface area contributed by atoms with Crippen molar-refractivity contribution in [3.63, 3.8) is 0 Å². The van der Waals surface area contributed by atoms with E-state index in [1.807, 2.05) is 26.8 Å². The second-order valence-corrected chi connectivity index (χ2v) is 9.51. The van der Waals surface area contributed by atoms with Gasteiger partial charge in [-0.1, -0.05) is 29.3 Å². The summed E-state index contributed by atoms with van der Waals surface area (Å²) in [5, 5.41) is 0.433. The van der Waals surface area contributed by atoms with Gasteiger partial charge < -0.3 is 4.74 Å². The number of aryl methyl sites for hydroxylation is 2. The highest BCUT2D eigenvalue weighted by Gasteiger charge is 2.28. The zero-order chi connectivity index (χ0) is 22.9. The zero-order valence-electron chi connectivity index (χ0n) is 18.1. The van der Waals surface area contributed by atoms with Gasteiger partial charge in [0.1, 0.15) is 5.75 Å². The van der Waals surface area contributed by atoms with Crippen molar-refractivity contribution in [2.24, 2.45) is 0 Å². The minimum atomic E-state index is -3.99. The van der Waals surface area contributed by atoms with E-state index in [4.69, 9.17) is 4.74 Å². The molecule has 0 fully saturated rings. The van der Waals surface area contributed by atoms with Crippen molar-refractivity contribution in [3.8, 4) is 5.75 Å². The maximum Gasteiger partial charge on any atom is 0.208 e. The van der Waals surface area contributed by atoms with Gasteiger partial charge in [0, 0.05) is 17.1 Å². The molecule has 5 nitrogen and oxygen atoms in total. The van der Waals surface area contributed by atoms with Crippen molar-refractivity contribution in [2.75, 3.05) is 6.61 Å². The monoisotopic (exact) mass is 445 g/mol. The first-order valence-corrected chi connectivity index (χ1v) is 11.8. The molecule has 0 atom stereocenters. The van der Waals surface area contributed by atoms with E-state index in [0.29, 0.717) is 28.8 Å². The molecule has 4 aromatic rings. The Hall–Kier alpha value is -3.51. The lowest BCUT2D eigenvalue weighted by Crippen LogP contribution is -2.13. The van der Waals surface area contributed by atoms with Crippen LogP contribution in [-0.2, 0) is 9.84 Å². The average Bonchev–Trinajstić information content (AvgIpc) is 2.78. The summed E-state index contributed by atoms with van der Waals surface area (Å²) >= 11 is 0. The number of pyridine rings is 1. The van der Waals surface area contributed by atoms with E-state index >= 15 is 0 Å². The molecule has 6 heteroatoms. The summed E-state index contributed by atoms with van der Waals surface area (Å²) in [4.78, 5) is 18.0. The SMILES string of the molecule is CCOc1ccc(C(=O)c2cnc3ccc(C)cc3c2S(=O)(=O)c2ccc(C)cc2)cc1. The highest BCUT2D eigenvalue weighted by molar-refractivity contribution is 7.91. The third-order valence-electron chi connectivity index (χ3n) is 5.25. The van der Waals surface area contributed by atoms with Crippen molar-refractivity contribution >= 4 is 26.5 Å². The van der Waals surface area contributed by atoms with Gasteiger partial charge in [0.05, 0.1) is 27.5 Å². The van der Waals surface area contributed by atoms with Crippen LogP contribution in [0.2, 0.25) is 0 Å². The van der Waals surface area contributed by atoms with Crippen molar-refractivity contribution in [1.29, 1.82) is 0 Å². The first-order valence-electron chi connectivity index (χ1n) is 10.3. The van der Waals surface area contributed by atoms with Crippen LogP contribution in [0.4, 0.5) is 0 Å². The number of nitrogens with zero attached hydrogens (tertiary/aromatic N) is 1. The number of aromatic nitrogens is 1. The Morgan fingerprint density at radius 1 is 0.906 bits per heavy atom. The van der Waals surface area contributed by atoms with Gasteiger partial charge in [0.15, 0.2) is 5.78 Å². The average molecular weight is 446 g/mol. The van der Waals surface area contributed by atoms with Gasteiger partial charge in [-0.05, 0) is 69.3 Å². The Morgan fingerprint density at radius 2 is 1.56 bits per heavy atom. The number of rotatable bonds is 6. The molecule has 0 spiro atoms. The van der Waals surface area contributed by atoms with Crippen LogP contribution in [0.25, 0.3) is 10.9 Å². The standard InChI is InChI=1S/C26H23NO4S/c1-4-31-20-10-8-19(9-11-20)25(28)23-16-27-24-14-7-18(3)15-22(24)26(23)32(29,30)21-12-5-17(2)6-13-21/h5-16H,4H2,1-3H3. The number of hydrogen-bond acceptors (Lipinski definition) is 5. The largest absolute Gasteiger partial charge is 0.494 e. The van der Waals surface area contributed by atoms with E-state index < -0.39 is 15.6 Å². The summed E-state index contributed by atoms with van der Waals surface area (Å²) in [6, 6.07) is 18.7. The maximum atomic E-state index is 13.8. The van der Waals surface area contributed by atoms with Crippen LogP contribution in [0.1, 0.15) is 34.0 Å². The Bertz CT molecular complexity index is 1410. The lowest BCUT2D eigenvalue weighted by atomic mass is 10.0. The van der Waals surface area contributed by atoms with Gasteiger partial charge in [-0.2, -0.15) is 0 Å². The van der Waals surface area contributed by atoms with Gasteiger partial charge in [-0.3, -0.25) is 9.78 Å². The fourth-order valence-electron chi connectivity index (χ4n) is 3.59. The van der Waals surface area contributed by atoms with Gasteiger partial charge in [-0.15, -0.1) is 0 Å². The highest BCUT2D eigenvalue weighted by Crippen LogP contribution is 2.33. The first kappa shape index (κ1) is 21.7. The molecule has 0 amide bonds. The van der Waals surface area contributed by atoms with E-state index in [9.17, 15) is 13.2 Å². The van der Waals surface area contributed by atoms with Crippen LogP contribution < -0.4 is 4.74 Å². The molecule has 0 N–H and O–H groups in total. The maximum absolute atomic E-state index is 13.8. The molecule has 0 unspecified atom stereocenters. The summed E-state index contributed by atoms with van der Waals surface area (Å²) in [6.07, 6.45) is 1.36. The van der Waals surface area contributed by atoms with E-state index in [2.05, 4.69) is 4.98 Å². The number of carbonyl (C=O) groups excluding carboxylic acids is 1. The molecule has 1 aromatic heterocycles. The summed E-state index contributed by atoms with van der Waals surface area (Å²) < 4.78 is 33.0. The van der Waals surface area contributed by atoms with Gasteiger partial charge in [-0.25, -0.2) is 8.42 Å². The minimum Gasteiger partial charge on any atom is -0.494 e. The predicted octanol–water partition coefficient (Wildman–Crippen LogP) is 5.31. The number of ether oxygens (including phenoxy) is 1. The van der Waals surface area contributed by atoms with Crippen LogP contribution in [0.3, 0.4) is 0 Å². The lowest BCUT2D eigenvalue weighted by molar-refractivity contribution is 0.103. The summed E-state index contributed by atoms with van der Waals surface area (Å²) in [5.74, 6) is 0.235. The third kappa shape index (κ3) is 4.01. The fraction of sp³-hybridized carbons (Fsp3) is 0.154. The molecule has 0 aliphatic carbocycles. The Morgan fingerprint density at radius 3 is 2.22 bits per heavy atom. The minimum absolute atomic E-state index is 0.0195. The second-order valence-electron chi connectivity index (χ2n) is 7.62. The summed E-state index contributed by atoms with van der Waals surface area (Å²) in [6.45, 7) is 6.16. The Labute approximate surface area is 187 Å². The molecule has 0 radical (unpaired) electrons. The fourth-order valence-corrected chi connectivity index (χ4v) is 5.21. The van der Waals surface area contributed by atoms with Crippen LogP contribution >= 0.6 is 0 Å². The third-order valence-corrected chi connectivity index (χ3v) is 7.12. The number of ketones is 1. The van der Waals surface area contributed by atoms with E-state index in [1.165, 1.54) is 6.20 Å². The van der Waals surface area contributed by atoms with Crippen molar-refractivity contribution in [2.45, 2.75) is 30.6 Å². The topological polar surface area (TPSA) is 73.3 Å². The summed E-state index contributed by atoms with van der Waals surface area (Å²) in [5.41, 5.74) is 2.76. The molecule has 0 saturated heterocycles. The normalized spacial score (nSPS) is 11.5. The number of hydrogen-bond donors (Lipinski definition) is 0. The molecule has 0 aliphatic rings. The molecule has 0 saturated carbocycles. The molecule has 32 heavy (non-hydrogen) atoms. The highest BCUT2D eigenvalue weighted by atomic mass is 32.2. The predicted molar refractivity (Wildman–Crippen MR) is 124 cm³/mol. The molecule has 4 rings (SSSR count). The van der Waals surface area contributed by atoms with Gasteiger partial charge in [0.25, 0.3) is 0 Å². The molecule has 1 heterocycles. The van der Waals surface area contributed by atoms with Crippen molar-refractivity contribution < 1.29 is 17.9 Å². The van der Waals surface area contributed by atoms with E-state index in [1.54, 1.807) is 60.7 Å². The smallest absolute Gasteiger partial charge is 0.208 e. The van der Waals surface area contributed by atoms with Crippen LogP contribution in [0.15, 0.2) is 82.7 Å². The quantitative estimate of drug-likeness (QED) is 0.376. The van der Waals surface area contributed by atoms with Crippen LogP contribution in [-0.4, -0.2) is 25.8 Å². The molecule has 162 valence electrons. The van der Waals surface area contributed by atoms with Crippen molar-refractivity contribution in [1.82, 2.24) is 4.98 Å². The Balaban J connectivity index is 1.95. The van der Waals surface area contributed by atoms with E-state index in [0.717, 1.165) is 11.1 Å². The number of sulfone groups is 1.